The molecule has 64 valence electrons. The Morgan fingerprint density at radius 2 is 1.82 bits per heavy atom. The second-order valence-corrected chi connectivity index (χ2v) is 4.76. The Balaban J connectivity index is 2.10. The molecule has 1 heterocycles. The van der Waals surface area contributed by atoms with Gasteiger partial charge in [-0.15, -0.1) is 0 Å². The van der Waals surface area contributed by atoms with E-state index < -0.39 is 5.92 Å². The van der Waals surface area contributed by atoms with E-state index in [1.54, 1.807) is 0 Å². The summed E-state index contributed by atoms with van der Waals surface area (Å²) in [7, 11) is 0. The van der Waals surface area contributed by atoms with Crippen LogP contribution < -0.4 is 0 Å². The van der Waals surface area contributed by atoms with Crippen LogP contribution in [0.3, 0.4) is 0 Å². The van der Waals surface area contributed by atoms with Crippen LogP contribution in [0, 0.1) is 0 Å². The van der Waals surface area contributed by atoms with Gasteiger partial charge >= 0.3 is 0 Å². The smallest absolute Gasteiger partial charge is 0.241 e. The summed E-state index contributed by atoms with van der Waals surface area (Å²) in [5, 5.41) is 0. The molecule has 2 aliphatic rings. The second kappa shape index (κ2) is 2.28. The maximum Gasteiger partial charge on any atom is 0.251 e. The third kappa shape index (κ3) is 1.39. The zero-order chi connectivity index (χ0) is 8.11. The van der Waals surface area contributed by atoms with Gasteiger partial charge in [-0.2, -0.15) is 0 Å². The van der Waals surface area contributed by atoms with Gasteiger partial charge in [-0.3, -0.25) is 0 Å². The van der Waals surface area contributed by atoms with E-state index in [9.17, 15) is 8.78 Å². The van der Waals surface area contributed by atoms with E-state index in [2.05, 4.69) is 26.0 Å². The fourth-order valence-corrected chi connectivity index (χ4v) is 2.61. The van der Waals surface area contributed by atoms with Crippen LogP contribution in [0.4, 0.5) is 8.78 Å². The lowest BCUT2D eigenvalue weighted by Crippen LogP contribution is -2.43. The normalized spacial score (nSPS) is 34.1. The lowest BCUT2D eigenvalue weighted by Gasteiger charge is -2.35. The highest BCUT2D eigenvalue weighted by Gasteiger charge is 2.56. The summed E-state index contributed by atoms with van der Waals surface area (Å²) in [5.74, 6) is -2.39. The quantitative estimate of drug-likeness (QED) is 0.484. The minimum atomic E-state index is -2.39. The fourth-order valence-electron chi connectivity index (χ4n) is 1.72. The first kappa shape index (κ1) is 8.16. The number of hydrogen-bond donors (Lipinski definition) is 0. The maximum absolute atomic E-state index is 12.9. The Labute approximate surface area is 78.6 Å². The summed E-state index contributed by atoms with van der Waals surface area (Å²) in [5.41, 5.74) is -0.109. The van der Waals surface area contributed by atoms with Crippen molar-refractivity contribution in [3.63, 3.8) is 0 Å². The lowest BCUT2D eigenvalue weighted by molar-refractivity contribution is -0.0601. The molecule has 2 rings (SSSR count). The SMILES string of the molecule is FC1(F)CCN(I)C2(CC2)C1. The first-order valence-corrected chi connectivity index (χ1v) is 4.82. The number of piperidine rings is 1. The molecule has 0 atom stereocenters. The lowest BCUT2D eigenvalue weighted by atomic mass is 9.99. The second-order valence-electron chi connectivity index (χ2n) is 3.59. The minimum absolute atomic E-state index is 0.0394. The van der Waals surface area contributed by atoms with Crippen molar-refractivity contribution in [2.24, 2.45) is 0 Å². The summed E-state index contributed by atoms with van der Waals surface area (Å²) in [6.07, 6.45) is 2.05. The highest BCUT2D eigenvalue weighted by atomic mass is 127. The van der Waals surface area contributed by atoms with Crippen LogP contribution >= 0.6 is 22.9 Å². The molecule has 0 unspecified atom stereocenters. The minimum Gasteiger partial charge on any atom is -0.241 e. The van der Waals surface area contributed by atoms with E-state index in [1.807, 2.05) is 0 Å². The highest BCUT2D eigenvalue weighted by molar-refractivity contribution is 14.1. The topological polar surface area (TPSA) is 3.24 Å². The van der Waals surface area contributed by atoms with Crippen LogP contribution in [0.1, 0.15) is 25.7 Å². The van der Waals surface area contributed by atoms with Gasteiger partial charge in [0.15, 0.2) is 0 Å². The molecule has 4 heteroatoms. The Bertz CT molecular complexity index is 179. The van der Waals surface area contributed by atoms with Crippen molar-refractivity contribution in [2.45, 2.75) is 37.1 Å². The molecule has 11 heavy (non-hydrogen) atoms. The van der Waals surface area contributed by atoms with Crippen molar-refractivity contribution in [1.29, 1.82) is 0 Å². The Morgan fingerprint density at radius 3 is 2.27 bits per heavy atom. The average Bonchev–Trinajstić information content (AvgIpc) is 2.61. The molecule has 1 nitrogen and oxygen atoms in total. The van der Waals surface area contributed by atoms with Gasteiger partial charge in [-0.05, 0) is 12.8 Å². The van der Waals surface area contributed by atoms with E-state index in [1.165, 1.54) is 0 Å². The number of halogens is 3. The molecule has 1 saturated heterocycles. The molecular formula is C7H10F2IN. The van der Waals surface area contributed by atoms with Crippen LogP contribution in [0.25, 0.3) is 0 Å². The molecule has 0 bridgehead atoms. The van der Waals surface area contributed by atoms with E-state index >= 15 is 0 Å². The number of hydrogen-bond acceptors (Lipinski definition) is 1. The molecule has 1 aliphatic carbocycles. The zero-order valence-electron chi connectivity index (χ0n) is 6.12. The van der Waals surface area contributed by atoms with E-state index in [0.29, 0.717) is 6.54 Å². The van der Waals surface area contributed by atoms with E-state index in [-0.39, 0.29) is 18.4 Å². The predicted molar refractivity (Wildman–Crippen MR) is 46.9 cm³/mol. The fraction of sp³-hybridized carbons (Fsp3) is 1.00. The molecule has 1 aliphatic heterocycles. The molecule has 2 fully saturated rings. The predicted octanol–water partition coefficient (Wildman–Crippen LogP) is 2.60. The van der Waals surface area contributed by atoms with Gasteiger partial charge < -0.3 is 0 Å². The summed E-state index contributed by atoms with van der Waals surface area (Å²) in [6, 6.07) is 0. The molecule has 0 radical (unpaired) electrons. The summed E-state index contributed by atoms with van der Waals surface area (Å²) < 4.78 is 27.8. The molecule has 0 aromatic rings. The number of alkyl halides is 2. The molecule has 1 saturated carbocycles. The van der Waals surface area contributed by atoms with Crippen molar-refractivity contribution in [2.75, 3.05) is 6.54 Å². The third-order valence-corrected chi connectivity index (χ3v) is 4.11. The third-order valence-electron chi connectivity index (χ3n) is 2.60. The van der Waals surface area contributed by atoms with Gasteiger partial charge in [0.25, 0.3) is 5.92 Å². The molecule has 0 amide bonds. The van der Waals surface area contributed by atoms with Crippen LogP contribution in [0.15, 0.2) is 0 Å². The van der Waals surface area contributed by atoms with Crippen molar-refractivity contribution in [3.8, 4) is 0 Å². The van der Waals surface area contributed by atoms with Gasteiger partial charge in [-0.1, -0.05) is 0 Å². The maximum atomic E-state index is 12.9. The van der Waals surface area contributed by atoms with Gasteiger partial charge in [0.05, 0.1) is 0 Å². The van der Waals surface area contributed by atoms with Crippen LogP contribution in [0.2, 0.25) is 0 Å². The van der Waals surface area contributed by atoms with E-state index in [4.69, 9.17) is 0 Å². The van der Waals surface area contributed by atoms with Crippen LogP contribution in [0.5, 0.6) is 0 Å². The van der Waals surface area contributed by atoms with Crippen molar-refractivity contribution in [3.05, 3.63) is 0 Å². The van der Waals surface area contributed by atoms with Gasteiger partial charge in [0, 0.05) is 47.8 Å². The summed E-state index contributed by atoms with van der Waals surface area (Å²) >= 11 is 2.18. The Kier molecular flexibility index (Phi) is 1.69. The molecule has 0 aromatic carbocycles. The van der Waals surface area contributed by atoms with E-state index in [0.717, 1.165) is 12.8 Å². The monoisotopic (exact) mass is 273 g/mol. The van der Waals surface area contributed by atoms with Crippen LogP contribution in [-0.2, 0) is 0 Å². The Hall–Kier alpha value is 0.550. The molecule has 0 N–H and O–H groups in total. The number of nitrogens with zero attached hydrogens (tertiary/aromatic N) is 1. The van der Waals surface area contributed by atoms with Crippen LogP contribution in [-0.4, -0.2) is 21.1 Å². The first-order chi connectivity index (χ1) is 5.04. The van der Waals surface area contributed by atoms with Crippen molar-refractivity contribution in [1.82, 2.24) is 3.11 Å². The van der Waals surface area contributed by atoms with Gasteiger partial charge in [0.1, 0.15) is 0 Å². The van der Waals surface area contributed by atoms with Gasteiger partial charge in [0.2, 0.25) is 0 Å². The zero-order valence-corrected chi connectivity index (χ0v) is 8.27. The van der Waals surface area contributed by atoms with Crippen molar-refractivity contribution < 1.29 is 8.78 Å². The molecular weight excluding hydrogens is 263 g/mol. The van der Waals surface area contributed by atoms with Crippen molar-refractivity contribution >= 4 is 22.9 Å². The molecule has 0 aromatic heterocycles. The first-order valence-electron chi connectivity index (χ1n) is 3.85. The van der Waals surface area contributed by atoms with Gasteiger partial charge in [-0.25, -0.2) is 11.9 Å². The largest absolute Gasteiger partial charge is 0.251 e. The standard InChI is InChI=1S/C7H10F2IN/c8-7(9)3-4-11(10)6(5-7)1-2-6/h1-5H2. The summed E-state index contributed by atoms with van der Waals surface area (Å²) in [4.78, 5) is 0. The Morgan fingerprint density at radius 1 is 1.18 bits per heavy atom. The summed E-state index contributed by atoms with van der Waals surface area (Å²) in [6.45, 7) is 0.549. The average molecular weight is 273 g/mol. The highest BCUT2D eigenvalue weighted by Crippen LogP contribution is 2.53. The molecule has 1 spiro atoms. The number of rotatable bonds is 0.